The molecular formula is C16H31NO4. The molecule has 21 heavy (non-hydrogen) atoms. The van der Waals surface area contributed by atoms with Crippen molar-refractivity contribution in [2.24, 2.45) is 5.92 Å². The molecular weight excluding hydrogens is 270 g/mol. The summed E-state index contributed by atoms with van der Waals surface area (Å²) in [5.41, 5.74) is -0.591. The van der Waals surface area contributed by atoms with E-state index in [9.17, 15) is 9.59 Å². The third-order valence-electron chi connectivity index (χ3n) is 2.70. The van der Waals surface area contributed by atoms with Gasteiger partial charge in [-0.1, -0.05) is 27.2 Å². The molecule has 0 bridgehead atoms. The molecule has 0 radical (unpaired) electrons. The molecule has 0 heterocycles. The van der Waals surface area contributed by atoms with Gasteiger partial charge >= 0.3 is 12.1 Å². The summed E-state index contributed by atoms with van der Waals surface area (Å²) in [7, 11) is 0. The summed E-state index contributed by atoms with van der Waals surface area (Å²) in [6.07, 6.45) is 1.55. The molecule has 1 amide bonds. The summed E-state index contributed by atoms with van der Waals surface area (Å²) in [6.45, 7) is 13.2. The first-order chi connectivity index (χ1) is 9.55. The summed E-state index contributed by atoms with van der Waals surface area (Å²) in [4.78, 5) is 24.0. The van der Waals surface area contributed by atoms with Crippen LogP contribution in [0.2, 0.25) is 0 Å². The monoisotopic (exact) mass is 301 g/mol. The van der Waals surface area contributed by atoms with Crippen molar-refractivity contribution in [1.82, 2.24) is 5.32 Å². The molecule has 0 aromatic heterocycles. The Hall–Kier alpha value is -1.26. The van der Waals surface area contributed by atoms with Crippen molar-refractivity contribution in [3.63, 3.8) is 0 Å². The lowest BCUT2D eigenvalue weighted by Gasteiger charge is -2.24. The Morgan fingerprint density at radius 2 is 1.71 bits per heavy atom. The molecule has 0 spiro atoms. The van der Waals surface area contributed by atoms with E-state index in [-0.39, 0.29) is 12.0 Å². The van der Waals surface area contributed by atoms with Crippen LogP contribution >= 0.6 is 0 Å². The number of rotatable bonds is 7. The number of carbonyl (C=O) groups is 2. The Balaban J connectivity index is 4.64. The van der Waals surface area contributed by atoms with Crippen LogP contribution in [0.4, 0.5) is 4.79 Å². The maximum Gasteiger partial charge on any atom is 0.408 e. The maximum absolute atomic E-state index is 12.2. The molecule has 1 N–H and O–H groups in total. The highest BCUT2D eigenvalue weighted by molar-refractivity contribution is 5.81. The topological polar surface area (TPSA) is 64.6 Å². The molecule has 2 atom stereocenters. The van der Waals surface area contributed by atoms with E-state index in [0.29, 0.717) is 6.42 Å². The number of hydrogen-bond acceptors (Lipinski definition) is 4. The SMILES string of the molecule is CCC[C@H](C)OC(=O)[C@H](CC(C)C)NC(=O)OC(C)(C)C. The third-order valence-corrected chi connectivity index (χ3v) is 2.70. The number of esters is 1. The van der Waals surface area contributed by atoms with Crippen molar-refractivity contribution < 1.29 is 19.1 Å². The van der Waals surface area contributed by atoms with E-state index in [1.807, 2.05) is 27.7 Å². The highest BCUT2D eigenvalue weighted by atomic mass is 16.6. The number of carbonyl (C=O) groups excluding carboxylic acids is 2. The number of amides is 1. The first kappa shape index (κ1) is 19.7. The number of hydrogen-bond donors (Lipinski definition) is 1. The average molecular weight is 301 g/mol. The van der Waals surface area contributed by atoms with Gasteiger partial charge in [0, 0.05) is 0 Å². The fraction of sp³-hybridized carbons (Fsp3) is 0.875. The zero-order valence-corrected chi connectivity index (χ0v) is 14.5. The molecule has 0 aliphatic rings. The Bertz CT molecular complexity index is 334. The lowest BCUT2D eigenvalue weighted by Crippen LogP contribution is -2.45. The second-order valence-corrected chi connectivity index (χ2v) is 6.86. The average Bonchev–Trinajstić information content (AvgIpc) is 2.24. The van der Waals surface area contributed by atoms with Crippen molar-refractivity contribution >= 4 is 12.1 Å². The standard InChI is InChI=1S/C16H31NO4/c1-8-9-12(4)20-14(18)13(10-11(2)3)17-15(19)21-16(5,6)7/h11-13H,8-10H2,1-7H3,(H,17,19)/t12-,13-/m0/s1. The van der Waals surface area contributed by atoms with Crippen molar-refractivity contribution in [2.75, 3.05) is 0 Å². The van der Waals surface area contributed by atoms with Gasteiger partial charge < -0.3 is 14.8 Å². The van der Waals surface area contributed by atoms with Gasteiger partial charge in [-0.25, -0.2) is 9.59 Å². The number of ether oxygens (including phenoxy) is 2. The van der Waals surface area contributed by atoms with E-state index in [1.165, 1.54) is 0 Å². The van der Waals surface area contributed by atoms with Gasteiger partial charge in [-0.3, -0.25) is 0 Å². The van der Waals surface area contributed by atoms with Gasteiger partial charge in [0.25, 0.3) is 0 Å². The van der Waals surface area contributed by atoms with Gasteiger partial charge in [-0.05, 0) is 46.5 Å². The van der Waals surface area contributed by atoms with E-state index < -0.39 is 23.7 Å². The number of nitrogens with one attached hydrogen (secondary N) is 1. The highest BCUT2D eigenvalue weighted by Crippen LogP contribution is 2.12. The second-order valence-electron chi connectivity index (χ2n) is 6.86. The Morgan fingerprint density at radius 1 is 1.14 bits per heavy atom. The molecule has 0 rings (SSSR count). The molecule has 0 aliphatic carbocycles. The van der Waals surface area contributed by atoms with Gasteiger partial charge in [0.2, 0.25) is 0 Å². The number of alkyl carbamates (subject to hydrolysis) is 1. The highest BCUT2D eigenvalue weighted by Gasteiger charge is 2.27. The van der Waals surface area contributed by atoms with Crippen LogP contribution in [0.25, 0.3) is 0 Å². The molecule has 0 aromatic rings. The van der Waals surface area contributed by atoms with E-state index in [4.69, 9.17) is 9.47 Å². The van der Waals surface area contributed by atoms with Crippen molar-refractivity contribution in [3.8, 4) is 0 Å². The molecule has 0 fully saturated rings. The van der Waals surface area contributed by atoms with Crippen molar-refractivity contribution in [1.29, 1.82) is 0 Å². The summed E-state index contributed by atoms with van der Waals surface area (Å²) in [5.74, 6) is -0.130. The largest absolute Gasteiger partial charge is 0.461 e. The van der Waals surface area contributed by atoms with Crippen LogP contribution in [-0.2, 0) is 14.3 Å². The van der Waals surface area contributed by atoms with Gasteiger partial charge in [-0.2, -0.15) is 0 Å². The summed E-state index contributed by atoms with van der Waals surface area (Å²) >= 11 is 0. The van der Waals surface area contributed by atoms with Gasteiger partial charge in [0.1, 0.15) is 11.6 Å². The van der Waals surface area contributed by atoms with Gasteiger partial charge in [0.15, 0.2) is 0 Å². The van der Waals surface area contributed by atoms with E-state index in [0.717, 1.165) is 12.8 Å². The predicted octanol–water partition coefficient (Wildman–Crippen LogP) is 3.66. The van der Waals surface area contributed by atoms with E-state index >= 15 is 0 Å². The minimum absolute atomic E-state index is 0.141. The Morgan fingerprint density at radius 3 is 2.14 bits per heavy atom. The minimum atomic E-state index is -0.667. The zero-order chi connectivity index (χ0) is 16.6. The minimum Gasteiger partial charge on any atom is -0.461 e. The fourth-order valence-electron chi connectivity index (χ4n) is 1.88. The Kier molecular flexibility index (Phi) is 8.37. The fourth-order valence-corrected chi connectivity index (χ4v) is 1.88. The molecule has 5 nitrogen and oxygen atoms in total. The first-order valence-electron chi connectivity index (χ1n) is 7.75. The van der Waals surface area contributed by atoms with Crippen LogP contribution in [0.5, 0.6) is 0 Å². The van der Waals surface area contributed by atoms with E-state index in [2.05, 4.69) is 5.32 Å². The molecule has 0 saturated heterocycles. The maximum atomic E-state index is 12.2. The summed E-state index contributed by atoms with van der Waals surface area (Å²) < 4.78 is 10.6. The molecule has 124 valence electrons. The Labute approximate surface area is 128 Å². The van der Waals surface area contributed by atoms with Crippen LogP contribution in [-0.4, -0.2) is 29.8 Å². The molecule has 0 aromatic carbocycles. The smallest absolute Gasteiger partial charge is 0.408 e. The quantitative estimate of drug-likeness (QED) is 0.729. The second kappa shape index (κ2) is 8.90. The predicted molar refractivity (Wildman–Crippen MR) is 83.1 cm³/mol. The van der Waals surface area contributed by atoms with Crippen molar-refractivity contribution in [2.45, 2.75) is 85.5 Å². The van der Waals surface area contributed by atoms with Gasteiger partial charge in [0.05, 0.1) is 6.10 Å². The van der Waals surface area contributed by atoms with Gasteiger partial charge in [-0.15, -0.1) is 0 Å². The molecule has 5 heteroatoms. The summed E-state index contributed by atoms with van der Waals surface area (Å²) in [6, 6.07) is -0.667. The molecule has 0 unspecified atom stereocenters. The zero-order valence-electron chi connectivity index (χ0n) is 14.5. The van der Waals surface area contributed by atoms with Crippen molar-refractivity contribution in [3.05, 3.63) is 0 Å². The third kappa shape index (κ3) is 10.2. The van der Waals surface area contributed by atoms with Crippen LogP contribution in [0.15, 0.2) is 0 Å². The first-order valence-corrected chi connectivity index (χ1v) is 7.75. The van der Waals surface area contributed by atoms with E-state index in [1.54, 1.807) is 20.8 Å². The lowest BCUT2D eigenvalue weighted by atomic mass is 10.0. The van der Waals surface area contributed by atoms with Crippen LogP contribution < -0.4 is 5.32 Å². The molecule has 0 aliphatic heterocycles. The lowest BCUT2D eigenvalue weighted by molar-refractivity contribution is -0.151. The van der Waals surface area contributed by atoms with Crippen LogP contribution in [0.1, 0.15) is 67.7 Å². The molecule has 0 saturated carbocycles. The normalized spacial score (nSPS) is 14.5. The summed E-state index contributed by atoms with van der Waals surface area (Å²) in [5, 5.41) is 2.62. The van der Waals surface area contributed by atoms with Crippen LogP contribution in [0.3, 0.4) is 0 Å². The van der Waals surface area contributed by atoms with Crippen LogP contribution in [0, 0.1) is 5.92 Å².